The van der Waals surface area contributed by atoms with Gasteiger partial charge in [-0.3, -0.25) is 0 Å². The Bertz CT molecular complexity index is 3420. The van der Waals surface area contributed by atoms with E-state index in [4.69, 9.17) is 14.4 Å². The largest absolute Gasteiger partial charge is 0.456 e. The van der Waals surface area contributed by atoms with E-state index in [0.29, 0.717) is 5.82 Å². The standard InChI is InChI=1S/C59H38N2O/c1-4-16-39(17-5-1)58-60-54(38-55(61-58)45-21-15-19-41(35-45)43-31-33-57-51(37-43)49-27-11-13-29-56(49)62-57)44-20-14-18-40(34-44)42-30-32-53-50(36-42)48-26-10-12-28-52(48)59(53,46-22-6-2-7-23-46)47-24-8-3-9-25-47/h1-38H. The molecule has 1 aliphatic rings. The van der Waals surface area contributed by atoms with Crippen molar-refractivity contribution in [3.8, 4) is 67.3 Å². The molecule has 0 radical (unpaired) electrons. The van der Waals surface area contributed by atoms with Crippen molar-refractivity contribution in [2.24, 2.45) is 0 Å². The van der Waals surface area contributed by atoms with Crippen LogP contribution in [0.3, 0.4) is 0 Å². The first-order chi connectivity index (χ1) is 30.7. The monoisotopic (exact) mass is 790 g/mol. The number of aromatic nitrogens is 2. The predicted octanol–water partition coefficient (Wildman–Crippen LogP) is 15.1. The molecule has 0 N–H and O–H groups in total. The lowest BCUT2D eigenvalue weighted by Crippen LogP contribution is -2.28. The van der Waals surface area contributed by atoms with Gasteiger partial charge in [0.1, 0.15) is 11.2 Å². The zero-order valence-corrected chi connectivity index (χ0v) is 33.7. The summed E-state index contributed by atoms with van der Waals surface area (Å²) in [6.07, 6.45) is 0. The summed E-state index contributed by atoms with van der Waals surface area (Å²) in [7, 11) is 0. The third-order valence-electron chi connectivity index (χ3n) is 12.6. The van der Waals surface area contributed by atoms with Gasteiger partial charge in [-0.25, -0.2) is 9.97 Å². The topological polar surface area (TPSA) is 38.9 Å². The predicted molar refractivity (Wildman–Crippen MR) is 254 cm³/mol. The van der Waals surface area contributed by atoms with Crippen LogP contribution in [0.15, 0.2) is 235 Å². The second-order valence-corrected chi connectivity index (χ2v) is 16.1. The average molecular weight is 791 g/mol. The van der Waals surface area contributed by atoms with E-state index in [2.05, 4.69) is 200 Å². The summed E-state index contributed by atoms with van der Waals surface area (Å²) >= 11 is 0. The summed E-state index contributed by atoms with van der Waals surface area (Å²) in [5, 5.41) is 2.23. The number of nitrogens with zero attached hydrogens (tertiary/aromatic N) is 2. The molecule has 3 nitrogen and oxygen atoms in total. The lowest BCUT2D eigenvalue weighted by atomic mass is 9.67. The van der Waals surface area contributed by atoms with E-state index in [1.807, 2.05) is 30.3 Å². The van der Waals surface area contributed by atoms with Crippen LogP contribution >= 0.6 is 0 Å². The van der Waals surface area contributed by atoms with Crippen molar-refractivity contribution in [1.29, 1.82) is 0 Å². The molecule has 0 amide bonds. The Balaban J connectivity index is 0.968. The maximum absolute atomic E-state index is 6.14. The number of hydrogen-bond donors (Lipinski definition) is 0. The molecular weight excluding hydrogens is 753 g/mol. The van der Waals surface area contributed by atoms with E-state index in [9.17, 15) is 0 Å². The van der Waals surface area contributed by atoms with Crippen LogP contribution in [0.5, 0.6) is 0 Å². The first kappa shape index (κ1) is 35.8. The van der Waals surface area contributed by atoms with Gasteiger partial charge in [0, 0.05) is 27.5 Å². The summed E-state index contributed by atoms with van der Waals surface area (Å²) in [6.45, 7) is 0. The Morgan fingerprint density at radius 1 is 0.306 bits per heavy atom. The zero-order valence-electron chi connectivity index (χ0n) is 33.7. The lowest BCUT2D eigenvalue weighted by Gasteiger charge is -2.33. The summed E-state index contributed by atoms with van der Waals surface area (Å²) in [4.78, 5) is 10.4. The molecule has 2 aromatic heterocycles. The smallest absolute Gasteiger partial charge is 0.160 e. The van der Waals surface area contributed by atoms with Crippen molar-refractivity contribution in [2.75, 3.05) is 0 Å². The molecule has 62 heavy (non-hydrogen) atoms. The molecule has 0 saturated heterocycles. The van der Waals surface area contributed by atoms with Crippen molar-refractivity contribution in [1.82, 2.24) is 9.97 Å². The third kappa shape index (κ3) is 5.82. The normalized spacial score (nSPS) is 12.6. The van der Waals surface area contributed by atoms with Gasteiger partial charge in [0.2, 0.25) is 0 Å². The fourth-order valence-electron chi connectivity index (χ4n) is 9.71. The van der Waals surface area contributed by atoms with Crippen LogP contribution < -0.4 is 0 Å². The third-order valence-corrected chi connectivity index (χ3v) is 12.6. The van der Waals surface area contributed by atoms with Crippen molar-refractivity contribution in [2.45, 2.75) is 5.41 Å². The molecular formula is C59H38N2O. The van der Waals surface area contributed by atoms with Crippen LogP contribution in [0.4, 0.5) is 0 Å². The van der Waals surface area contributed by atoms with Crippen molar-refractivity contribution in [3.05, 3.63) is 253 Å². The molecule has 0 saturated carbocycles. The van der Waals surface area contributed by atoms with E-state index < -0.39 is 5.41 Å². The van der Waals surface area contributed by atoms with Gasteiger partial charge in [0.15, 0.2) is 5.82 Å². The number of furan rings is 1. The van der Waals surface area contributed by atoms with Crippen LogP contribution in [0.25, 0.3) is 89.2 Å². The van der Waals surface area contributed by atoms with E-state index in [-0.39, 0.29) is 0 Å². The molecule has 2 heterocycles. The second kappa shape index (κ2) is 14.5. The molecule has 0 aliphatic heterocycles. The van der Waals surface area contributed by atoms with Gasteiger partial charge in [-0.15, -0.1) is 0 Å². The Kier molecular flexibility index (Phi) is 8.39. The fraction of sp³-hybridized carbons (Fsp3) is 0.0169. The molecule has 0 spiro atoms. The molecule has 290 valence electrons. The summed E-state index contributed by atoms with van der Waals surface area (Å²) in [6, 6.07) is 82.3. The molecule has 12 rings (SSSR count). The van der Waals surface area contributed by atoms with Crippen LogP contribution in [0, 0.1) is 0 Å². The van der Waals surface area contributed by atoms with E-state index in [1.54, 1.807) is 0 Å². The van der Waals surface area contributed by atoms with E-state index in [0.717, 1.165) is 72.3 Å². The number of rotatable bonds is 7. The summed E-state index contributed by atoms with van der Waals surface area (Å²) in [5.41, 5.74) is 18.3. The Morgan fingerprint density at radius 2 is 0.806 bits per heavy atom. The maximum atomic E-state index is 6.14. The molecule has 0 unspecified atom stereocenters. The molecule has 3 heteroatoms. The summed E-state index contributed by atoms with van der Waals surface area (Å²) in [5.74, 6) is 0.687. The number of para-hydroxylation sites is 1. The maximum Gasteiger partial charge on any atom is 0.160 e. The lowest BCUT2D eigenvalue weighted by molar-refractivity contribution is 0.669. The highest BCUT2D eigenvalue weighted by molar-refractivity contribution is 6.06. The van der Waals surface area contributed by atoms with Gasteiger partial charge < -0.3 is 4.42 Å². The summed E-state index contributed by atoms with van der Waals surface area (Å²) < 4.78 is 6.14. The molecule has 0 atom stereocenters. The van der Waals surface area contributed by atoms with Crippen LogP contribution in [-0.4, -0.2) is 9.97 Å². The average Bonchev–Trinajstić information content (AvgIpc) is 3.88. The number of hydrogen-bond acceptors (Lipinski definition) is 3. The number of benzene rings is 9. The Labute approximate surface area is 360 Å². The van der Waals surface area contributed by atoms with Gasteiger partial charge in [-0.05, 0) is 98.1 Å². The van der Waals surface area contributed by atoms with Crippen LogP contribution in [-0.2, 0) is 5.41 Å². The minimum absolute atomic E-state index is 0.433. The van der Waals surface area contributed by atoms with Crippen molar-refractivity contribution < 1.29 is 4.42 Å². The van der Waals surface area contributed by atoms with E-state index >= 15 is 0 Å². The Morgan fingerprint density at radius 3 is 1.50 bits per heavy atom. The first-order valence-corrected chi connectivity index (χ1v) is 21.1. The molecule has 0 bridgehead atoms. The highest BCUT2D eigenvalue weighted by Gasteiger charge is 2.45. The van der Waals surface area contributed by atoms with Gasteiger partial charge in [-0.2, -0.15) is 0 Å². The van der Waals surface area contributed by atoms with E-state index in [1.165, 1.54) is 33.4 Å². The molecule has 11 aromatic rings. The van der Waals surface area contributed by atoms with Gasteiger partial charge in [0.05, 0.1) is 16.8 Å². The minimum Gasteiger partial charge on any atom is -0.456 e. The fourth-order valence-corrected chi connectivity index (χ4v) is 9.71. The molecule has 9 aromatic carbocycles. The van der Waals surface area contributed by atoms with Crippen molar-refractivity contribution >= 4 is 21.9 Å². The van der Waals surface area contributed by atoms with Gasteiger partial charge in [-0.1, -0.05) is 188 Å². The molecule has 0 fully saturated rings. The SMILES string of the molecule is c1ccc(-c2nc(-c3cccc(-c4ccc5c(c4)-c4ccccc4C5(c4ccccc4)c4ccccc4)c3)cc(-c3cccc(-c4ccc5oc6ccccc6c5c4)c3)n2)cc1. The van der Waals surface area contributed by atoms with Crippen molar-refractivity contribution in [3.63, 3.8) is 0 Å². The van der Waals surface area contributed by atoms with Gasteiger partial charge in [0.25, 0.3) is 0 Å². The van der Waals surface area contributed by atoms with Crippen LogP contribution in [0.1, 0.15) is 22.3 Å². The highest BCUT2D eigenvalue weighted by Crippen LogP contribution is 2.56. The zero-order chi connectivity index (χ0) is 41.0. The molecule has 1 aliphatic carbocycles. The second-order valence-electron chi connectivity index (χ2n) is 16.1. The quantitative estimate of drug-likeness (QED) is 0.161. The first-order valence-electron chi connectivity index (χ1n) is 21.1. The van der Waals surface area contributed by atoms with Crippen LogP contribution in [0.2, 0.25) is 0 Å². The minimum atomic E-state index is -0.433. The number of fused-ring (bicyclic) bond motifs is 6. The Hall–Kier alpha value is -8.14. The highest BCUT2D eigenvalue weighted by atomic mass is 16.3. The van der Waals surface area contributed by atoms with Gasteiger partial charge >= 0.3 is 0 Å².